The van der Waals surface area contributed by atoms with Crippen molar-refractivity contribution in [3.05, 3.63) is 36.8 Å². The molecular formula is C16H20N6O2. The molecule has 2 aromatic rings. The lowest BCUT2D eigenvalue weighted by molar-refractivity contribution is -0.129. The molecule has 1 fully saturated rings. The Balaban J connectivity index is 1.49. The van der Waals surface area contributed by atoms with Gasteiger partial charge in [0.05, 0.1) is 11.9 Å². The second kappa shape index (κ2) is 7.12. The zero-order valence-electron chi connectivity index (χ0n) is 13.5. The number of carbonyl (C=O) groups excluding carboxylic acids is 2. The lowest BCUT2D eigenvalue weighted by Crippen LogP contribution is -2.47. The molecule has 1 aliphatic rings. The summed E-state index contributed by atoms with van der Waals surface area (Å²) < 4.78 is 1.65. The Morgan fingerprint density at radius 3 is 2.62 bits per heavy atom. The first-order valence-electron chi connectivity index (χ1n) is 7.91. The van der Waals surface area contributed by atoms with Gasteiger partial charge in [-0.1, -0.05) is 0 Å². The Morgan fingerprint density at radius 2 is 2.04 bits per heavy atom. The number of piperidine rings is 1. The van der Waals surface area contributed by atoms with Crippen molar-refractivity contribution < 1.29 is 9.59 Å². The Hall–Kier alpha value is -2.90. The van der Waals surface area contributed by atoms with Crippen LogP contribution in [0.5, 0.6) is 0 Å². The summed E-state index contributed by atoms with van der Waals surface area (Å²) in [6.07, 6.45) is 6.61. The third-order valence-electron chi connectivity index (χ3n) is 4.02. The molecule has 0 atom stereocenters. The van der Waals surface area contributed by atoms with Gasteiger partial charge in [0.15, 0.2) is 5.82 Å². The van der Waals surface area contributed by atoms with Gasteiger partial charge in [-0.25, -0.2) is 14.5 Å². The van der Waals surface area contributed by atoms with E-state index < -0.39 is 0 Å². The van der Waals surface area contributed by atoms with Crippen LogP contribution in [0.15, 0.2) is 36.8 Å². The summed E-state index contributed by atoms with van der Waals surface area (Å²) in [6, 6.07) is 5.20. The zero-order chi connectivity index (χ0) is 16.9. The molecule has 0 aliphatic carbocycles. The van der Waals surface area contributed by atoms with E-state index in [-0.39, 0.29) is 18.0 Å². The van der Waals surface area contributed by atoms with Gasteiger partial charge in [-0.2, -0.15) is 5.10 Å². The van der Waals surface area contributed by atoms with Gasteiger partial charge in [0.1, 0.15) is 0 Å². The summed E-state index contributed by atoms with van der Waals surface area (Å²) in [5.74, 6) is 0.767. The van der Waals surface area contributed by atoms with Crippen LogP contribution in [-0.2, 0) is 4.79 Å². The van der Waals surface area contributed by atoms with Crippen LogP contribution < -0.4 is 10.6 Å². The van der Waals surface area contributed by atoms with Gasteiger partial charge in [0, 0.05) is 38.4 Å². The van der Waals surface area contributed by atoms with Crippen LogP contribution >= 0.6 is 0 Å². The molecule has 3 heterocycles. The van der Waals surface area contributed by atoms with E-state index in [2.05, 4.69) is 20.7 Å². The Morgan fingerprint density at radius 1 is 1.25 bits per heavy atom. The van der Waals surface area contributed by atoms with Crippen molar-refractivity contribution in [1.29, 1.82) is 0 Å². The predicted octanol–water partition coefficient (Wildman–Crippen LogP) is 1.40. The minimum absolute atomic E-state index is 0.0805. The lowest BCUT2D eigenvalue weighted by Gasteiger charge is -2.31. The van der Waals surface area contributed by atoms with E-state index >= 15 is 0 Å². The second-order valence-corrected chi connectivity index (χ2v) is 5.73. The molecule has 0 spiro atoms. The number of nitrogens with one attached hydrogen (secondary N) is 2. The number of amides is 3. The highest BCUT2D eigenvalue weighted by Crippen LogP contribution is 2.12. The monoisotopic (exact) mass is 328 g/mol. The Kier molecular flexibility index (Phi) is 4.74. The molecule has 0 radical (unpaired) electrons. The maximum atomic E-state index is 12.1. The quantitative estimate of drug-likeness (QED) is 0.891. The third-order valence-corrected chi connectivity index (χ3v) is 4.02. The number of urea groups is 1. The Bertz CT molecular complexity index is 690. The van der Waals surface area contributed by atoms with Crippen LogP contribution in [0.25, 0.3) is 5.82 Å². The number of rotatable bonds is 3. The number of aromatic nitrogens is 3. The van der Waals surface area contributed by atoms with E-state index in [9.17, 15) is 9.59 Å². The van der Waals surface area contributed by atoms with Crippen LogP contribution in [-0.4, -0.2) is 50.7 Å². The highest BCUT2D eigenvalue weighted by atomic mass is 16.2. The number of nitrogens with zero attached hydrogens (tertiary/aromatic N) is 4. The standard InChI is InChI=1S/C16H20N6O2/c1-12(23)21-9-5-13(6-10-21)19-16(24)20-14-3-4-15(17-11-14)22-8-2-7-18-22/h2-4,7-8,11,13H,5-6,9-10H2,1H3,(H2,19,20,24). The van der Waals surface area contributed by atoms with Crippen molar-refractivity contribution in [3.8, 4) is 5.82 Å². The molecule has 2 aromatic heterocycles. The minimum Gasteiger partial charge on any atom is -0.343 e. The summed E-state index contributed by atoms with van der Waals surface area (Å²) in [6.45, 7) is 2.93. The minimum atomic E-state index is -0.259. The van der Waals surface area contributed by atoms with Gasteiger partial charge in [0.25, 0.3) is 0 Å². The van der Waals surface area contributed by atoms with Crippen molar-refractivity contribution in [2.75, 3.05) is 18.4 Å². The fourth-order valence-corrected chi connectivity index (χ4v) is 2.69. The first-order valence-corrected chi connectivity index (χ1v) is 7.91. The number of hydrogen-bond donors (Lipinski definition) is 2. The van der Waals surface area contributed by atoms with Gasteiger partial charge in [-0.15, -0.1) is 0 Å². The number of anilines is 1. The summed E-state index contributed by atoms with van der Waals surface area (Å²) in [4.78, 5) is 29.4. The second-order valence-electron chi connectivity index (χ2n) is 5.73. The molecule has 3 rings (SSSR count). The number of likely N-dealkylation sites (tertiary alicyclic amines) is 1. The topological polar surface area (TPSA) is 92.2 Å². The molecule has 0 unspecified atom stereocenters. The molecule has 0 bridgehead atoms. The van der Waals surface area contributed by atoms with Crippen LogP contribution in [0, 0.1) is 0 Å². The maximum absolute atomic E-state index is 12.1. The van der Waals surface area contributed by atoms with Gasteiger partial charge in [-0.05, 0) is 31.0 Å². The van der Waals surface area contributed by atoms with Crippen LogP contribution in [0.2, 0.25) is 0 Å². The summed E-state index contributed by atoms with van der Waals surface area (Å²) in [5.41, 5.74) is 0.615. The third kappa shape index (κ3) is 3.89. The van der Waals surface area contributed by atoms with Crippen molar-refractivity contribution in [2.24, 2.45) is 0 Å². The highest BCUT2D eigenvalue weighted by molar-refractivity contribution is 5.89. The van der Waals surface area contributed by atoms with Gasteiger partial charge in [-0.3, -0.25) is 4.79 Å². The fraction of sp³-hybridized carbons (Fsp3) is 0.375. The Labute approximate surface area is 139 Å². The molecule has 0 aromatic carbocycles. The number of carbonyl (C=O) groups is 2. The van der Waals surface area contributed by atoms with E-state index in [1.807, 2.05) is 6.07 Å². The van der Waals surface area contributed by atoms with Crippen molar-refractivity contribution >= 4 is 17.6 Å². The number of hydrogen-bond acceptors (Lipinski definition) is 4. The fourth-order valence-electron chi connectivity index (χ4n) is 2.69. The molecule has 1 saturated heterocycles. The molecule has 0 saturated carbocycles. The normalized spacial score (nSPS) is 15.1. The van der Waals surface area contributed by atoms with Crippen molar-refractivity contribution in [1.82, 2.24) is 25.0 Å². The molecule has 126 valence electrons. The highest BCUT2D eigenvalue weighted by Gasteiger charge is 2.21. The van der Waals surface area contributed by atoms with Crippen LogP contribution in [0.4, 0.5) is 10.5 Å². The molecular weight excluding hydrogens is 308 g/mol. The van der Waals surface area contributed by atoms with Gasteiger partial charge < -0.3 is 15.5 Å². The average Bonchev–Trinajstić information content (AvgIpc) is 3.10. The van der Waals surface area contributed by atoms with E-state index in [4.69, 9.17) is 0 Å². The summed E-state index contributed by atoms with van der Waals surface area (Å²) in [5, 5.41) is 9.81. The van der Waals surface area contributed by atoms with E-state index in [1.165, 1.54) is 0 Å². The van der Waals surface area contributed by atoms with Crippen LogP contribution in [0.1, 0.15) is 19.8 Å². The molecule has 8 heteroatoms. The van der Waals surface area contributed by atoms with Gasteiger partial charge in [0.2, 0.25) is 5.91 Å². The first-order chi connectivity index (χ1) is 11.6. The molecule has 24 heavy (non-hydrogen) atoms. The molecule has 3 amide bonds. The molecule has 2 N–H and O–H groups in total. The first kappa shape index (κ1) is 16.0. The lowest BCUT2D eigenvalue weighted by atomic mass is 10.1. The van der Waals surface area contributed by atoms with Crippen LogP contribution in [0.3, 0.4) is 0 Å². The van der Waals surface area contributed by atoms with Gasteiger partial charge >= 0.3 is 6.03 Å². The van der Waals surface area contributed by atoms with Crippen molar-refractivity contribution in [3.63, 3.8) is 0 Å². The smallest absolute Gasteiger partial charge is 0.319 e. The number of pyridine rings is 1. The molecule has 8 nitrogen and oxygen atoms in total. The zero-order valence-corrected chi connectivity index (χ0v) is 13.5. The van der Waals surface area contributed by atoms with Crippen molar-refractivity contribution in [2.45, 2.75) is 25.8 Å². The van der Waals surface area contributed by atoms with E-state index in [0.29, 0.717) is 24.6 Å². The summed E-state index contributed by atoms with van der Waals surface area (Å²) in [7, 11) is 0. The maximum Gasteiger partial charge on any atom is 0.319 e. The predicted molar refractivity (Wildman–Crippen MR) is 88.8 cm³/mol. The largest absolute Gasteiger partial charge is 0.343 e. The van der Waals surface area contributed by atoms with E-state index in [1.54, 1.807) is 47.2 Å². The summed E-state index contributed by atoms with van der Waals surface area (Å²) >= 11 is 0. The average molecular weight is 328 g/mol. The molecule has 1 aliphatic heterocycles. The SMILES string of the molecule is CC(=O)N1CCC(NC(=O)Nc2ccc(-n3cccn3)nc2)CC1. The van der Waals surface area contributed by atoms with E-state index in [0.717, 1.165) is 12.8 Å².